The molecule has 0 aliphatic carbocycles. The second-order valence-corrected chi connectivity index (χ2v) is 10.5. The quantitative estimate of drug-likeness (QED) is 0.259. The van der Waals surface area contributed by atoms with E-state index in [4.69, 9.17) is 5.73 Å². The molecule has 3 aromatic rings. The maximum Gasteiger partial charge on any atom is 0.222 e. The number of benzene rings is 1. The molecule has 0 bridgehead atoms. The number of nitrogens with one attached hydrogen (secondary N) is 1. The molecule has 0 aliphatic heterocycles. The number of anilines is 2. The van der Waals surface area contributed by atoms with Gasteiger partial charge >= 0.3 is 0 Å². The number of halogens is 1. The molecular formula is C25H31ClN8O2S2. The lowest BCUT2D eigenvalue weighted by molar-refractivity contribution is -0.130. The number of thioether (sulfide) groups is 1. The van der Waals surface area contributed by atoms with Crippen LogP contribution in [0.3, 0.4) is 0 Å². The van der Waals surface area contributed by atoms with Gasteiger partial charge in [-0.15, -0.1) is 23.7 Å². The number of aryl methyl sites for hydroxylation is 1. The van der Waals surface area contributed by atoms with E-state index in [1.165, 1.54) is 30.0 Å². The van der Waals surface area contributed by atoms with Crippen molar-refractivity contribution in [2.75, 3.05) is 45.3 Å². The fraction of sp³-hybridized carbons (Fsp3) is 0.360. The number of likely N-dealkylation sites (N-methyl/N-ethyl adjacent to an activating group) is 2. The topological polar surface area (TPSA) is 141 Å². The number of nitrogens with zero attached hydrogens (tertiary/aromatic N) is 6. The Morgan fingerprint density at radius 2 is 1.84 bits per heavy atom. The average molecular weight is 575 g/mol. The third kappa shape index (κ3) is 8.95. The monoisotopic (exact) mass is 574 g/mol. The van der Waals surface area contributed by atoms with E-state index in [2.05, 4.69) is 26.3 Å². The summed E-state index contributed by atoms with van der Waals surface area (Å²) in [6.07, 6.45) is 1.02. The third-order valence-electron chi connectivity index (χ3n) is 5.32. The van der Waals surface area contributed by atoms with E-state index in [0.29, 0.717) is 47.2 Å². The van der Waals surface area contributed by atoms with Crippen LogP contribution in [0.25, 0.3) is 11.3 Å². The van der Waals surface area contributed by atoms with E-state index in [0.717, 1.165) is 17.2 Å². The Morgan fingerprint density at radius 3 is 2.47 bits per heavy atom. The van der Waals surface area contributed by atoms with E-state index in [9.17, 15) is 14.9 Å². The number of nitrogen functional groups attached to an aromatic ring is 1. The van der Waals surface area contributed by atoms with Crippen molar-refractivity contribution in [1.82, 2.24) is 24.8 Å². The Balaban J connectivity index is 0.00000507. The lowest BCUT2D eigenvalue weighted by Gasteiger charge is -2.19. The van der Waals surface area contributed by atoms with Crippen molar-refractivity contribution >= 4 is 58.8 Å². The summed E-state index contributed by atoms with van der Waals surface area (Å²) in [5.74, 6) is 0.572. The van der Waals surface area contributed by atoms with Crippen molar-refractivity contribution in [2.45, 2.75) is 30.7 Å². The predicted molar refractivity (Wildman–Crippen MR) is 154 cm³/mol. The molecular weight excluding hydrogens is 544 g/mol. The van der Waals surface area contributed by atoms with Crippen molar-refractivity contribution in [1.29, 1.82) is 5.26 Å². The number of nitriles is 1. The van der Waals surface area contributed by atoms with Crippen LogP contribution in [-0.2, 0) is 21.8 Å². The number of thiazole rings is 1. The number of carbonyl (C=O) groups excluding carboxylic acids is 2. The highest BCUT2D eigenvalue weighted by molar-refractivity contribution is 7.98. The van der Waals surface area contributed by atoms with Crippen LogP contribution in [0.1, 0.15) is 29.6 Å². The summed E-state index contributed by atoms with van der Waals surface area (Å²) in [4.78, 5) is 40.9. The molecule has 0 spiro atoms. The van der Waals surface area contributed by atoms with Gasteiger partial charge in [0.05, 0.1) is 16.4 Å². The van der Waals surface area contributed by atoms with Gasteiger partial charge in [-0.25, -0.2) is 15.0 Å². The molecule has 202 valence electrons. The first-order valence-electron chi connectivity index (χ1n) is 11.6. The number of hydrogen-bond donors (Lipinski definition) is 2. The lowest BCUT2D eigenvalue weighted by Crippen LogP contribution is -2.33. The number of amides is 2. The summed E-state index contributed by atoms with van der Waals surface area (Å²) in [5.41, 5.74) is 8.91. The number of aromatic nitrogens is 3. The van der Waals surface area contributed by atoms with Crippen molar-refractivity contribution < 1.29 is 9.59 Å². The van der Waals surface area contributed by atoms with Gasteiger partial charge in [0, 0.05) is 62.3 Å². The average Bonchev–Trinajstić information content (AvgIpc) is 3.32. The minimum Gasteiger partial charge on any atom is -0.382 e. The van der Waals surface area contributed by atoms with Crippen molar-refractivity contribution in [2.24, 2.45) is 0 Å². The molecule has 0 aliphatic rings. The molecule has 0 saturated heterocycles. The molecule has 0 radical (unpaired) electrons. The first-order valence-corrected chi connectivity index (χ1v) is 13.4. The van der Waals surface area contributed by atoms with Crippen LogP contribution in [0.2, 0.25) is 0 Å². The summed E-state index contributed by atoms with van der Waals surface area (Å²) in [6, 6.07) is 9.11. The van der Waals surface area contributed by atoms with Crippen LogP contribution < -0.4 is 11.1 Å². The van der Waals surface area contributed by atoms with E-state index in [-0.39, 0.29) is 35.6 Å². The molecule has 38 heavy (non-hydrogen) atoms. The van der Waals surface area contributed by atoms with Gasteiger partial charge in [0.15, 0.2) is 5.16 Å². The number of hydrogen-bond acceptors (Lipinski definition) is 10. The van der Waals surface area contributed by atoms with Gasteiger partial charge in [0.25, 0.3) is 0 Å². The maximum absolute atomic E-state index is 12.4. The zero-order chi connectivity index (χ0) is 26.9. The first-order chi connectivity index (χ1) is 17.7. The first kappa shape index (κ1) is 31.0. The second-order valence-electron chi connectivity index (χ2n) is 8.63. The molecule has 2 heterocycles. The summed E-state index contributed by atoms with van der Waals surface area (Å²) in [5, 5.41) is 15.6. The maximum atomic E-state index is 12.4. The Labute approximate surface area is 237 Å². The Kier molecular flexibility index (Phi) is 11.9. The van der Waals surface area contributed by atoms with Gasteiger partial charge in [-0.3, -0.25) is 9.59 Å². The van der Waals surface area contributed by atoms with Crippen molar-refractivity contribution in [3.8, 4) is 17.3 Å². The molecule has 13 heteroatoms. The highest BCUT2D eigenvalue weighted by Crippen LogP contribution is 2.30. The van der Waals surface area contributed by atoms with Gasteiger partial charge < -0.3 is 20.9 Å². The van der Waals surface area contributed by atoms with E-state index >= 15 is 0 Å². The van der Waals surface area contributed by atoms with Crippen LogP contribution in [-0.4, -0.2) is 70.8 Å². The lowest BCUT2D eigenvalue weighted by atomic mass is 10.1. The molecule has 0 saturated carbocycles. The highest BCUT2D eigenvalue weighted by atomic mass is 35.5. The standard InChI is InChI=1S/C25H30N8O2S2.ClH/c1-16(34)28-18-7-5-17(6-8-18)23-20(13-26)24(27)31-25(30-23)37-15-19-14-36-21(29-19)9-10-22(35)33(4)12-11-32(2)3;/h5-8,14H,9-12,15H2,1-4H3,(H,28,34)(H2,27,30,31);1H. The van der Waals surface area contributed by atoms with Crippen molar-refractivity contribution in [3.05, 3.63) is 45.9 Å². The van der Waals surface area contributed by atoms with Gasteiger partial charge in [-0.1, -0.05) is 23.9 Å². The summed E-state index contributed by atoms with van der Waals surface area (Å²) >= 11 is 2.90. The highest BCUT2D eigenvalue weighted by Gasteiger charge is 2.16. The molecule has 1 aromatic carbocycles. The third-order valence-corrected chi connectivity index (χ3v) is 7.15. The number of carbonyl (C=O) groups is 2. The molecule has 3 N–H and O–H groups in total. The number of nitrogens with two attached hydrogens (primary N) is 1. The largest absolute Gasteiger partial charge is 0.382 e. The Morgan fingerprint density at radius 1 is 1.13 bits per heavy atom. The van der Waals surface area contributed by atoms with Crippen LogP contribution in [0.15, 0.2) is 34.8 Å². The minimum atomic E-state index is -0.167. The van der Waals surface area contributed by atoms with Gasteiger partial charge in [0.1, 0.15) is 17.5 Å². The van der Waals surface area contributed by atoms with Crippen LogP contribution in [0.4, 0.5) is 11.5 Å². The van der Waals surface area contributed by atoms with E-state index in [1.54, 1.807) is 29.2 Å². The SMILES string of the molecule is CC(=O)Nc1ccc(-c2nc(SCc3csc(CCC(=O)N(C)CCN(C)C)n3)nc(N)c2C#N)cc1.Cl. The molecule has 2 amide bonds. The summed E-state index contributed by atoms with van der Waals surface area (Å²) in [6.45, 7) is 2.96. The van der Waals surface area contributed by atoms with Gasteiger partial charge in [-0.2, -0.15) is 5.26 Å². The van der Waals surface area contributed by atoms with E-state index < -0.39 is 0 Å². The zero-order valence-corrected chi connectivity index (χ0v) is 24.2. The normalized spacial score (nSPS) is 10.5. The van der Waals surface area contributed by atoms with Crippen LogP contribution >= 0.6 is 35.5 Å². The summed E-state index contributed by atoms with van der Waals surface area (Å²) in [7, 11) is 5.79. The fourth-order valence-electron chi connectivity index (χ4n) is 3.30. The molecule has 3 rings (SSSR count). The molecule has 2 aromatic heterocycles. The second kappa shape index (κ2) is 14.6. The molecule has 0 atom stereocenters. The van der Waals surface area contributed by atoms with E-state index in [1.807, 2.05) is 31.4 Å². The van der Waals surface area contributed by atoms with Crippen LogP contribution in [0, 0.1) is 11.3 Å². The molecule has 10 nitrogen and oxygen atoms in total. The van der Waals surface area contributed by atoms with Crippen molar-refractivity contribution in [3.63, 3.8) is 0 Å². The molecule has 0 fully saturated rings. The smallest absolute Gasteiger partial charge is 0.222 e. The minimum absolute atomic E-state index is 0. The van der Waals surface area contributed by atoms with Gasteiger partial charge in [0.2, 0.25) is 11.8 Å². The van der Waals surface area contributed by atoms with Gasteiger partial charge in [-0.05, 0) is 26.2 Å². The van der Waals surface area contributed by atoms with Crippen LogP contribution in [0.5, 0.6) is 0 Å². The Hall–Kier alpha value is -3.24. The molecule has 0 unspecified atom stereocenters. The Bertz CT molecular complexity index is 1290. The fourth-order valence-corrected chi connectivity index (χ4v) is 4.95. The predicted octanol–water partition coefficient (Wildman–Crippen LogP) is 3.68. The number of rotatable bonds is 11. The summed E-state index contributed by atoms with van der Waals surface area (Å²) < 4.78 is 0. The zero-order valence-electron chi connectivity index (χ0n) is 21.7.